The molecule has 0 saturated heterocycles. The van der Waals surface area contributed by atoms with E-state index in [1.54, 1.807) is 12.1 Å². The molecular formula is C15H24BrClN2O2. The van der Waals surface area contributed by atoms with Gasteiger partial charge in [-0.3, -0.25) is 4.79 Å². The highest BCUT2D eigenvalue weighted by Crippen LogP contribution is 2.22. The summed E-state index contributed by atoms with van der Waals surface area (Å²) >= 11 is 3.40. The van der Waals surface area contributed by atoms with Gasteiger partial charge in [0.2, 0.25) is 0 Å². The second-order valence-electron chi connectivity index (χ2n) is 4.85. The van der Waals surface area contributed by atoms with Crippen LogP contribution in [0, 0.1) is 0 Å². The number of halogens is 2. The number of benzene rings is 1. The first-order valence-corrected chi connectivity index (χ1v) is 7.78. The van der Waals surface area contributed by atoms with Crippen molar-refractivity contribution in [2.75, 3.05) is 19.6 Å². The zero-order chi connectivity index (χ0) is 15.0. The van der Waals surface area contributed by atoms with Crippen LogP contribution in [0.5, 0.6) is 5.75 Å². The third-order valence-corrected chi connectivity index (χ3v) is 2.98. The SMILES string of the molecule is CCCNCCNC(=O)c1cc(Br)cc(OC(C)C)c1.Cl. The van der Waals surface area contributed by atoms with Crippen molar-refractivity contribution in [2.24, 2.45) is 0 Å². The number of ether oxygens (including phenoxy) is 1. The van der Waals surface area contributed by atoms with Crippen molar-refractivity contribution in [3.8, 4) is 5.75 Å². The summed E-state index contributed by atoms with van der Waals surface area (Å²) < 4.78 is 6.46. The third-order valence-electron chi connectivity index (χ3n) is 2.52. The summed E-state index contributed by atoms with van der Waals surface area (Å²) in [5.74, 6) is 0.613. The fourth-order valence-electron chi connectivity index (χ4n) is 1.70. The lowest BCUT2D eigenvalue weighted by molar-refractivity contribution is 0.0953. The number of carbonyl (C=O) groups is 1. The smallest absolute Gasteiger partial charge is 0.251 e. The number of nitrogens with one attached hydrogen (secondary N) is 2. The Morgan fingerprint density at radius 2 is 1.95 bits per heavy atom. The molecule has 1 aromatic rings. The molecule has 1 amide bonds. The molecule has 4 nitrogen and oxygen atoms in total. The first kappa shape index (κ1) is 20.2. The van der Waals surface area contributed by atoms with Gasteiger partial charge in [0.05, 0.1) is 6.10 Å². The largest absolute Gasteiger partial charge is 0.491 e. The van der Waals surface area contributed by atoms with Gasteiger partial charge in [0.1, 0.15) is 5.75 Å². The Balaban J connectivity index is 0.00000400. The van der Waals surface area contributed by atoms with Crippen LogP contribution in [-0.2, 0) is 0 Å². The maximum absolute atomic E-state index is 12.1. The normalized spacial score (nSPS) is 10.1. The average Bonchev–Trinajstić information content (AvgIpc) is 2.36. The Bertz CT molecular complexity index is 442. The van der Waals surface area contributed by atoms with E-state index in [-0.39, 0.29) is 24.4 Å². The highest BCUT2D eigenvalue weighted by Gasteiger charge is 2.09. The molecular weight excluding hydrogens is 356 g/mol. The van der Waals surface area contributed by atoms with E-state index >= 15 is 0 Å². The fourth-order valence-corrected chi connectivity index (χ4v) is 2.17. The van der Waals surface area contributed by atoms with Crippen LogP contribution in [0.1, 0.15) is 37.6 Å². The fraction of sp³-hybridized carbons (Fsp3) is 0.533. The van der Waals surface area contributed by atoms with E-state index in [2.05, 4.69) is 33.5 Å². The molecule has 0 unspecified atom stereocenters. The Hall–Kier alpha value is -0.780. The summed E-state index contributed by atoms with van der Waals surface area (Å²) in [6.45, 7) is 8.40. The molecule has 0 atom stereocenters. The summed E-state index contributed by atoms with van der Waals surface area (Å²) in [5.41, 5.74) is 0.602. The Morgan fingerprint density at radius 1 is 1.24 bits per heavy atom. The van der Waals surface area contributed by atoms with Crippen molar-refractivity contribution in [1.82, 2.24) is 10.6 Å². The van der Waals surface area contributed by atoms with Crippen molar-refractivity contribution in [2.45, 2.75) is 33.3 Å². The molecule has 0 bridgehead atoms. The summed E-state index contributed by atoms with van der Waals surface area (Å²) in [6.07, 6.45) is 1.17. The van der Waals surface area contributed by atoms with E-state index in [1.807, 2.05) is 19.9 Å². The molecule has 21 heavy (non-hydrogen) atoms. The standard InChI is InChI=1S/C15H23BrN2O2.ClH/c1-4-5-17-6-7-18-15(19)12-8-13(16)10-14(9-12)20-11(2)3;/h8-11,17H,4-7H2,1-3H3,(H,18,19);1H. The van der Waals surface area contributed by atoms with Crippen molar-refractivity contribution in [3.05, 3.63) is 28.2 Å². The predicted octanol–water partition coefficient (Wildman–Crippen LogP) is 3.39. The minimum Gasteiger partial charge on any atom is -0.491 e. The molecule has 6 heteroatoms. The maximum Gasteiger partial charge on any atom is 0.251 e. The second-order valence-corrected chi connectivity index (χ2v) is 5.76. The van der Waals surface area contributed by atoms with Crippen LogP contribution in [0.15, 0.2) is 22.7 Å². The monoisotopic (exact) mass is 378 g/mol. The van der Waals surface area contributed by atoms with Gasteiger partial charge in [-0.2, -0.15) is 0 Å². The number of carbonyl (C=O) groups excluding carboxylic acids is 1. The van der Waals surface area contributed by atoms with Crippen molar-refractivity contribution < 1.29 is 9.53 Å². The summed E-state index contributed by atoms with van der Waals surface area (Å²) in [6, 6.07) is 5.42. The summed E-state index contributed by atoms with van der Waals surface area (Å²) in [4.78, 5) is 12.1. The maximum atomic E-state index is 12.1. The number of rotatable bonds is 8. The lowest BCUT2D eigenvalue weighted by atomic mass is 10.2. The molecule has 0 fully saturated rings. The molecule has 120 valence electrons. The highest BCUT2D eigenvalue weighted by atomic mass is 79.9. The molecule has 0 aliphatic heterocycles. The molecule has 0 aromatic heterocycles. The molecule has 1 rings (SSSR count). The molecule has 0 saturated carbocycles. The molecule has 2 N–H and O–H groups in total. The van der Waals surface area contributed by atoms with Crippen LogP contribution in [0.3, 0.4) is 0 Å². The van der Waals surface area contributed by atoms with E-state index in [1.165, 1.54) is 0 Å². The Morgan fingerprint density at radius 3 is 2.57 bits per heavy atom. The zero-order valence-corrected chi connectivity index (χ0v) is 15.1. The zero-order valence-electron chi connectivity index (χ0n) is 12.7. The Kier molecular flexibility index (Phi) is 10.5. The highest BCUT2D eigenvalue weighted by molar-refractivity contribution is 9.10. The van der Waals surface area contributed by atoms with Gasteiger partial charge in [0.25, 0.3) is 5.91 Å². The van der Waals surface area contributed by atoms with Crippen LogP contribution < -0.4 is 15.4 Å². The van der Waals surface area contributed by atoms with Crippen LogP contribution in [-0.4, -0.2) is 31.6 Å². The molecule has 1 aromatic carbocycles. The summed E-state index contributed by atoms with van der Waals surface area (Å²) in [5, 5.41) is 6.13. The predicted molar refractivity (Wildman–Crippen MR) is 92.6 cm³/mol. The molecule has 0 aliphatic rings. The van der Waals surface area contributed by atoms with Gasteiger partial charge in [-0.1, -0.05) is 22.9 Å². The number of hydrogen-bond acceptors (Lipinski definition) is 3. The van der Waals surface area contributed by atoms with Gasteiger partial charge in [0, 0.05) is 23.1 Å². The minimum absolute atomic E-state index is 0. The van der Waals surface area contributed by atoms with Gasteiger partial charge in [-0.25, -0.2) is 0 Å². The van der Waals surface area contributed by atoms with E-state index in [0.717, 1.165) is 24.0 Å². The van der Waals surface area contributed by atoms with Gasteiger partial charge < -0.3 is 15.4 Å². The van der Waals surface area contributed by atoms with E-state index in [9.17, 15) is 4.79 Å². The van der Waals surface area contributed by atoms with Gasteiger partial charge >= 0.3 is 0 Å². The lowest BCUT2D eigenvalue weighted by Crippen LogP contribution is -2.32. The first-order chi connectivity index (χ1) is 9.52. The first-order valence-electron chi connectivity index (χ1n) is 6.99. The molecule has 0 heterocycles. The topological polar surface area (TPSA) is 50.4 Å². The quantitative estimate of drug-likeness (QED) is 0.681. The molecule has 0 aliphatic carbocycles. The molecule has 0 spiro atoms. The van der Waals surface area contributed by atoms with E-state index in [0.29, 0.717) is 17.9 Å². The van der Waals surface area contributed by atoms with Gasteiger partial charge in [-0.05, 0) is 45.0 Å². The number of amides is 1. The van der Waals surface area contributed by atoms with Gasteiger partial charge in [0.15, 0.2) is 0 Å². The van der Waals surface area contributed by atoms with Crippen LogP contribution >= 0.6 is 28.3 Å². The van der Waals surface area contributed by atoms with Crippen LogP contribution in [0.25, 0.3) is 0 Å². The minimum atomic E-state index is -0.0850. The average molecular weight is 380 g/mol. The van der Waals surface area contributed by atoms with Crippen LogP contribution in [0.2, 0.25) is 0 Å². The Labute approximate surface area is 141 Å². The van der Waals surface area contributed by atoms with Crippen molar-refractivity contribution in [3.63, 3.8) is 0 Å². The lowest BCUT2D eigenvalue weighted by Gasteiger charge is -2.12. The van der Waals surface area contributed by atoms with Crippen LogP contribution in [0.4, 0.5) is 0 Å². The van der Waals surface area contributed by atoms with E-state index < -0.39 is 0 Å². The number of hydrogen-bond donors (Lipinski definition) is 2. The van der Waals surface area contributed by atoms with Crippen molar-refractivity contribution in [1.29, 1.82) is 0 Å². The second kappa shape index (κ2) is 10.9. The van der Waals surface area contributed by atoms with E-state index in [4.69, 9.17) is 4.74 Å². The third kappa shape index (κ3) is 8.29. The molecule has 0 radical (unpaired) electrons. The van der Waals surface area contributed by atoms with Gasteiger partial charge in [-0.15, -0.1) is 12.4 Å². The summed E-state index contributed by atoms with van der Waals surface area (Å²) in [7, 11) is 0. The van der Waals surface area contributed by atoms with Crippen molar-refractivity contribution >= 4 is 34.2 Å².